The first kappa shape index (κ1) is 15.9. The van der Waals surface area contributed by atoms with Gasteiger partial charge in [0, 0.05) is 13.1 Å². The molecule has 0 radical (unpaired) electrons. The molecule has 2 heterocycles. The second kappa shape index (κ2) is 7.00. The molecule has 1 aromatic heterocycles. The van der Waals surface area contributed by atoms with Gasteiger partial charge in [-0.1, -0.05) is 6.92 Å². The summed E-state index contributed by atoms with van der Waals surface area (Å²) in [6.07, 6.45) is 2.50. The van der Waals surface area contributed by atoms with Gasteiger partial charge in [0.25, 0.3) is 0 Å². The van der Waals surface area contributed by atoms with Gasteiger partial charge in [-0.05, 0) is 48.9 Å². The van der Waals surface area contributed by atoms with Gasteiger partial charge in [-0.2, -0.15) is 0 Å². The van der Waals surface area contributed by atoms with E-state index >= 15 is 0 Å². The van der Waals surface area contributed by atoms with E-state index in [4.69, 9.17) is 5.11 Å². The highest BCUT2D eigenvalue weighted by atomic mass is 32.2. The van der Waals surface area contributed by atoms with Gasteiger partial charge in [0.2, 0.25) is 10.0 Å². The van der Waals surface area contributed by atoms with Gasteiger partial charge >= 0.3 is 0 Å². The van der Waals surface area contributed by atoms with Crippen LogP contribution in [0, 0.1) is 5.92 Å². The Morgan fingerprint density at radius 3 is 2.75 bits per heavy atom. The Hall–Kier alpha value is -0.470. The lowest BCUT2D eigenvalue weighted by Crippen LogP contribution is -2.34. The summed E-state index contributed by atoms with van der Waals surface area (Å²) in [5.41, 5.74) is 0.639. The summed E-state index contributed by atoms with van der Waals surface area (Å²) >= 11 is 1.14. The summed E-state index contributed by atoms with van der Waals surface area (Å²) in [7, 11) is -3.44. The smallest absolute Gasteiger partial charge is 0.250 e. The molecule has 0 saturated carbocycles. The number of hydrogen-bond donors (Lipinski definition) is 2. The topological polar surface area (TPSA) is 69.6 Å². The van der Waals surface area contributed by atoms with E-state index in [9.17, 15) is 8.42 Å². The number of nitrogens with one attached hydrogen (secondary N) is 1. The van der Waals surface area contributed by atoms with Crippen molar-refractivity contribution in [1.82, 2.24) is 9.62 Å². The Morgan fingerprint density at radius 1 is 1.45 bits per heavy atom. The van der Waals surface area contributed by atoms with Crippen LogP contribution in [0.1, 0.15) is 25.3 Å². The van der Waals surface area contributed by atoms with Crippen molar-refractivity contribution in [3.05, 3.63) is 17.0 Å². The Balaban J connectivity index is 1.85. The number of aliphatic hydroxyl groups is 1. The number of hydrogen-bond acceptors (Lipinski definition) is 5. The molecule has 1 atom stereocenters. The molecular weight excluding hydrogens is 296 g/mol. The Morgan fingerprint density at radius 2 is 2.15 bits per heavy atom. The summed E-state index contributed by atoms with van der Waals surface area (Å²) in [5, 5.41) is 10.6. The summed E-state index contributed by atoms with van der Waals surface area (Å²) in [6, 6.07) is 1.53. The second-order valence-corrected chi connectivity index (χ2v) is 8.30. The molecule has 2 N–H and O–H groups in total. The molecule has 7 heteroatoms. The first-order chi connectivity index (χ1) is 9.51. The minimum absolute atomic E-state index is 0.128. The van der Waals surface area contributed by atoms with Crippen molar-refractivity contribution < 1.29 is 13.5 Å². The van der Waals surface area contributed by atoms with Crippen molar-refractivity contribution in [3.63, 3.8) is 0 Å². The van der Waals surface area contributed by atoms with Crippen molar-refractivity contribution in [2.24, 2.45) is 5.92 Å². The third kappa shape index (κ3) is 4.26. The van der Waals surface area contributed by atoms with Crippen molar-refractivity contribution in [3.8, 4) is 0 Å². The third-order valence-corrected chi connectivity index (χ3v) is 6.38. The number of thiophene rings is 1. The molecule has 0 spiro atoms. The lowest BCUT2D eigenvalue weighted by atomic mass is 10.2. The van der Waals surface area contributed by atoms with E-state index in [0.717, 1.165) is 31.0 Å². The maximum absolute atomic E-state index is 12.1. The van der Waals surface area contributed by atoms with Gasteiger partial charge in [0.15, 0.2) is 0 Å². The Bertz CT molecular complexity index is 521. The Kier molecular flexibility index (Phi) is 5.57. The summed E-state index contributed by atoms with van der Waals surface area (Å²) in [5.74, 6) is 0.292. The minimum atomic E-state index is -3.44. The SMILES string of the molecule is CC(CNS(=O)(=O)c1cc(CO)cs1)CN1CCCC1. The highest BCUT2D eigenvalue weighted by Crippen LogP contribution is 2.20. The average molecular weight is 318 g/mol. The number of likely N-dealkylation sites (tertiary alicyclic amines) is 1. The predicted octanol–water partition coefficient (Wildman–Crippen LogP) is 1.25. The van der Waals surface area contributed by atoms with Crippen LogP contribution in [-0.4, -0.2) is 44.6 Å². The molecule has 20 heavy (non-hydrogen) atoms. The van der Waals surface area contributed by atoms with Crippen molar-refractivity contribution >= 4 is 21.4 Å². The molecule has 0 aromatic carbocycles. The zero-order valence-corrected chi connectivity index (χ0v) is 13.3. The fraction of sp³-hybridized carbons (Fsp3) is 0.692. The van der Waals surface area contributed by atoms with Crippen LogP contribution in [0.15, 0.2) is 15.7 Å². The van der Waals surface area contributed by atoms with Crippen LogP contribution in [0.3, 0.4) is 0 Å². The molecule has 5 nitrogen and oxygen atoms in total. The van der Waals surface area contributed by atoms with Gasteiger partial charge in [-0.25, -0.2) is 13.1 Å². The van der Waals surface area contributed by atoms with Crippen LogP contribution in [0.25, 0.3) is 0 Å². The van der Waals surface area contributed by atoms with E-state index in [1.165, 1.54) is 18.9 Å². The van der Waals surface area contributed by atoms with Gasteiger partial charge in [0.1, 0.15) is 4.21 Å². The molecule has 1 fully saturated rings. The fourth-order valence-electron chi connectivity index (χ4n) is 2.37. The molecule has 1 saturated heterocycles. The van der Waals surface area contributed by atoms with Crippen LogP contribution >= 0.6 is 11.3 Å². The van der Waals surface area contributed by atoms with Crippen LogP contribution in [-0.2, 0) is 16.6 Å². The van der Waals surface area contributed by atoms with E-state index in [2.05, 4.69) is 16.5 Å². The van der Waals surface area contributed by atoms with Crippen LogP contribution in [0.2, 0.25) is 0 Å². The molecule has 1 aliphatic heterocycles. The third-order valence-electron chi connectivity index (χ3n) is 3.47. The molecule has 1 aliphatic rings. The van der Waals surface area contributed by atoms with E-state index < -0.39 is 10.0 Å². The molecule has 1 aromatic rings. The minimum Gasteiger partial charge on any atom is -0.392 e. The summed E-state index contributed by atoms with van der Waals surface area (Å²) in [4.78, 5) is 2.38. The second-order valence-electron chi connectivity index (χ2n) is 5.40. The first-order valence-electron chi connectivity index (χ1n) is 6.91. The van der Waals surface area contributed by atoms with Crippen molar-refractivity contribution in [2.75, 3.05) is 26.2 Å². The highest BCUT2D eigenvalue weighted by Gasteiger charge is 2.19. The monoisotopic (exact) mass is 318 g/mol. The molecule has 0 amide bonds. The van der Waals surface area contributed by atoms with E-state index in [-0.39, 0.29) is 10.8 Å². The van der Waals surface area contributed by atoms with E-state index in [0.29, 0.717) is 18.0 Å². The number of aliphatic hydroxyl groups excluding tert-OH is 1. The number of nitrogens with zero attached hydrogens (tertiary/aromatic N) is 1. The van der Waals surface area contributed by atoms with E-state index in [1.807, 2.05) is 0 Å². The number of sulfonamides is 1. The Labute approximate surface area is 124 Å². The molecule has 1 unspecified atom stereocenters. The van der Waals surface area contributed by atoms with Crippen molar-refractivity contribution in [2.45, 2.75) is 30.6 Å². The largest absolute Gasteiger partial charge is 0.392 e. The lowest BCUT2D eigenvalue weighted by molar-refractivity contribution is 0.282. The predicted molar refractivity (Wildman–Crippen MR) is 80.3 cm³/mol. The van der Waals surface area contributed by atoms with Crippen molar-refractivity contribution in [1.29, 1.82) is 0 Å². The quantitative estimate of drug-likeness (QED) is 0.794. The summed E-state index contributed by atoms with van der Waals surface area (Å²) < 4.78 is 27.1. The van der Waals surface area contributed by atoms with Gasteiger partial charge < -0.3 is 10.0 Å². The maximum Gasteiger partial charge on any atom is 0.250 e. The van der Waals surface area contributed by atoms with E-state index in [1.54, 1.807) is 5.38 Å². The fourth-order valence-corrected chi connectivity index (χ4v) is 4.78. The van der Waals surface area contributed by atoms with Gasteiger partial charge in [-0.3, -0.25) is 0 Å². The molecular formula is C13H22N2O3S2. The number of rotatable bonds is 7. The lowest BCUT2D eigenvalue weighted by Gasteiger charge is -2.20. The van der Waals surface area contributed by atoms with Crippen LogP contribution in [0.4, 0.5) is 0 Å². The zero-order chi connectivity index (χ0) is 14.6. The highest BCUT2D eigenvalue weighted by molar-refractivity contribution is 7.91. The molecule has 2 rings (SSSR count). The first-order valence-corrected chi connectivity index (χ1v) is 9.28. The summed E-state index contributed by atoms with van der Waals surface area (Å²) in [6.45, 7) is 5.58. The molecule has 114 valence electrons. The standard InChI is InChI=1S/C13H22N2O3S2/c1-11(8-15-4-2-3-5-15)7-14-20(17,18)13-6-12(9-16)10-19-13/h6,10-11,14,16H,2-5,7-9H2,1H3. The molecule has 0 aliphatic carbocycles. The average Bonchev–Trinajstić information content (AvgIpc) is 3.07. The normalized spacial score (nSPS) is 18.5. The van der Waals surface area contributed by atoms with Crippen LogP contribution in [0.5, 0.6) is 0 Å². The van der Waals surface area contributed by atoms with Gasteiger partial charge in [0.05, 0.1) is 6.61 Å². The van der Waals surface area contributed by atoms with Crippen LogP contribution < -0.4 is 4.72 Å². The zero-order valence-electron chi connectivity index (χ0n) is 11.7. The van der Waals surface area contributed by atoms with Gasteiger partial charge in [-0.15, -0.1) is 11.3 Å². The maximum atomic E-state index is 12.1. The molecule has 0 bridgehead atoms.